The van der Waals surface area contributed by atoms with Crippen molar-refractivity contribution in [3.05, 3.63) is 40.4 Å². The van der Waals surface area contributed by atoms with Crippen molar-refractivity contribution >= 4 is 37.5 Å². The van der Waals surface area contributed by atoms with Gasteiger partial charge >= 0.3 is 0 Å². The number of nitrogens with zero attached hydrogens (tertiary/aromatic N) is 1. The molecule has 3 aromatic rings. The Kier molecular flexibility index (Phi) is 4.20. The molecule has 1 amide bonds. The van der Waals surface area contributed by atoms with Gasteiger partial charge in [-0.25, -0.2) is 4.98 Å². The van der Waals surface area contributed by atoms with E-state index < -0.39 is 0 Å². The van der Waals surface area contributed by atoms with Gasteiger partial charge in [0.15, 0.2) is 0 Å². The average Bonchev–Trinajstić information content (AvgIpc) is 2.87. The molecule has 22 heavy (non-hydrogen) atoms. The molecule has 0 saturated heterocycles. The van der Waals surface area contributed by atoms with Crippen LogP contribution in [0.4, 0.5) is 0 Å². The van der Waals surface area contributed by atoms with E-state index in [-0.39, 0.29) is 17.9 Å². The minimum absolute atomic E-state index is 0.0963. The highest BCUT2D eigenvalue weighted by Crippen LogP contribution is 2.29. The summed E-state index contributed by atoms with van der Waals surface area (Å²) in [5.74, 6) is 0.297. The Morgan fingerprint density at radius 2 is 2.18 bits per heavy atom. The number of hydrogen-bond donors (Lipinski definition) is 2. The van der Waals surface area contributed by atoms with E-state index in [1.165, 1.54) is 11.3 Å². The van der Waals surface area contributed by atoms with Gasteiger partial charge in [-0.3, -0.25) is 9.59 Å². The number of carbonyl (C=O) groups is 1. The van der Waals surface area contributed by atoms with Gasteiger partial charge in [0.2, 0.25) is 5.91 Å². The van der Waals surface area contributed by atoms with Crippen molar-refractivity contribution in [1.82, 2.24) is 15.3 Å². The largest absolute Gasteiger partial charge is 0.356 e. The number of nitrogens with one attached hydrogen (secondary N) is 2. The average molecular weight is 315 g/mol. The lowest BCUT2D eigenvalue weighted by molar-refractivity contribution is -0.120. The van der Waals surface area contributed by atoms with E-state index in [1.54, 1.807) is 0 Å². The number of fused-ring (bicyclic) bond motifs is 3. The molecule has 0 aliphatic carbocycles. The van der Waals surface area contributed by atoms with E-state index in [1.807, 2.05) is 24.3 Å². The molecule has 0 aliphatic rings. The van der Waals surface area contributed by atoms with Crippen LogP contribution < -0.4 is 10.9 Å². The Morgan fingerprint density at radius 1 is 1.36 bits per heavy atom. The number of carbonyl (C=O) groups excluding carboxylic acids is 1. The highest BCUT2D eigenvalue weighted by Gasteiger charge is 2.12. The summed E-state index contributed by atoms with van der Waals surface area (Å²) in [6.07, 6.45) is 2.07. The number of hydrogen-bond acceptors (Lipinski definition) is 4. The Hall–Kier alpha value is -2.21. The van der Waals surface area contributed by atoms with Gasteiger partial charge in [-0.1, -0.05) is 31.5 Å². The van der Waals surface area contributed by atoms with Crippen molar-refractivity contribution in [3.8, 4) is 0 Å². The van der Waals surface area contributed by atoms with Gasteiger partial charge in [-0.05, 0) is 12.5 Å². The second kappa shape index (κ2) is 6.27. The number of unbranched alkanes of at least 4 members (excludes halogenated alkanes) is 1. The topological polar surface area (TPSA) is 74.8 Å². The lowest BCUT2D eigenvalue weighted by Gasteiger charge is -2.04. The summed E-state index contributed by atoms with van der Waals surface area (Å²) < 4.78 is 1.64. The number of rotatable bonds is 5. The van der Waals surface area contributed by atoms with E-state index in [9.17, 15) is 9.59 Å². The molecule has 114 valence electrons. The van der Waals surface area contributed by atoms with Crippen LogP contribution >= 0.6 is 11.3 Å². The molecule has 2 heterocycles. The van der Waals surface area contributed by atoms with Crippen molar-refractivity contribution in [3.63, 3.8) is 0 Å². The smallest absolute Gasteiger partial charge is 0.268 e. The first-order chi connectivity index (χ1) is 10.7. The first-order valence-corrected chi connectivity index (χ1v) is 8.18. The zero-order valence-corrected chi connectivity index (χ0v) is 13.1. The number of benzene rings is 1. The van der Waals surface area contributed by atoms with Gasteiger partial charge in [0, 0.05) is 16.6 Å². The lowest BCUT2D eigenvalue weighted by Crippen LogP contribution is -2.27. The molecule has 0 atom stereocenters. The van der Waals surface area contributed by atoms with Crippen molar-refractivity contribution in [2.24, 2.45) is 0 Å². The van der Waals surface area contributed by atoms with Crippen molar-refractivity contribution in [2.45, 2.75) is 26.2 Å². The maximum absolute atomic E-state index is 12.2. The van der Waals surface area contributed by atoms with E-state index in [2.05, 4.69) is 22.2 Å². The molecule has 2 N–H and O–H groups in total. The minimum atomic E-state index is -0.178. The monoisotopic (exact) mass is 315 g/mol. The van der Waals surface area contributed by atoms with Crippen LogP contribution in [-0.2, 0) is 11.2 Å². The van der Waals surface area contributed by atoms with Crippen LogP contribution in [0.2, 0.25) is 0 Å². The molecule has 1 aromatic carbocycles. The molecule has 0 fully saturated rings. The van der Waals surface area contributed by atoms with E-state index in [0.29, 0.717) is 22.6 Å². The molecule has 0 unspecified atom stereocenters. The quantitative estimate of drug-likeness (QED) is 0.711. The number of aromatic amines is 1. The highest BCUT2D eigenvalue weighted by atomic mass is 32.1. The number of thiophene rings is 1. The third kappa shape index (κ3) is 2.87. The molecule has 0 bridgehead atoms. The molecule has 0 aliphatic heterocycles. The number of amides is 1. The molecule has 0 radical (unpaired) electrons. The molecule has 6 heteroatoms. The third-order valence-electron chi connectivity index (χ3n) is 3.46. The summed E-state index contributed by atoms with van der Waals surface area (Å²) in [6.45, 7) is 2.73. The number of H-pyrrole nitrogens is 1. The third-order valence-corrected chi connectivity index (χ3v) is 4.62. The Balaban J connectivity index is 1.93. The standard InChI is InChI=1S/C16H17N3O2S/c1-2-3-8-17-13(20)9-12-18-14-10-6-4-5-7-11(10)22-15(14)16(21)19-12/h4-7H,2-3,8-9H2,1H3,(H,17,20)(H,18,19,21). The molecule has 3 rings (SSSR count). The summed E-state index contributed by atoms with van der Waals surface area (Å²) in [6, 6.07) is 7.78. The summed E-state index contributed by atoms with van der Waals surface area (Å²) in [5, 5.41) is 3.79. The summed E-state index contributed by atoms with van der Waals surface area (Å²) in [4.78, 5) is 31.3. The second-order valence-electron chi connectivity index (χ2n) is 5.17. The summed E-state index contributed by atoms with van der Waals surface area (Å²) in [5.41, 5.74) is 0.503. The Morgan fingerprint density at radius 3 is 3.00 bits per heavy atom. The zero-order chi connectivity index (χ0) is 15.5. The fourth-order valence-electron chi connectivity index (χ4n) is 2.35. The van der Waals surface area contributed by atoms with Gasteiger partial charge in [-0.2, -0.15) is 0 Å². The predicted octanol–water partition coefficient (Wildman–Crippen LogP) is 2.60. The minimum Gasteiger partial charge on any atom is -0.356 e. The molecule has 0 spiro atoms. The Labute approximate surface area is 131 Å². The van der Waals surface area contributed by atoms with Crippen LogP contribution in [0.3, 0.4) is 0 Å². The van der Waals surface area contributed by atoms with Gasteiger partial charge in [0.05, 0.1) is 11.9 Å². The van der Waals surface area contributed by atoms with Crippen molar-refractivity contribution in [2.75, 3.05) is 6.54 Å². The van der Waals surface area contributed by atoms with Crippen LogP contribution in [0.25, 0.3) is 20.3 Å². The fourth-order valence-corrected chi connectivity index (χ4v) is 3.39. The SMILES string of the molecule is CCCCNC(=O)Cc1nc2c(sc3ccccc32)c(=O)[nH]1. The first-order valence-electron chi connectivity index (χ1n) is 7.36. The van der Waals surface area contributed by atoms with E-state index in [0.717, 1.165) is 22.9 Å². The van der Waals surface area contributed by atoms with Crippen LogP contribution in [0.1, 0.15) is 25.6 Å². The summed E-state index contributed by atoms with van der Waals surface area (Å²) >= 11 is 1.43. The van der Waals surface area contributed by atoms with Crippen molar-refractivity contribution < 1.29 is 4.79 Å². The molecule has 5 nitrogen and oxygen atoms in total. The normalized spacial score (nSPS) is 11.1. The van der Waals surface area contributed by atoms with Crippen LogP contribution in [-0.4, -0.2) is 22.4 Å². The molecule has 2 aromatic heterocycles. The van der Waals surface area contributed by atoms with Gasteiger partial charge in [0.1, 0.15) is 10.5 Å². The first kappa shape index (κ1) is 14.7. The van der Waals surface area contributed by atoms with Gasteiger partial charge in [0.25, 0.3) is 5.56 Å². The van der Waals surface area contributed by atoms with Crippen molar-refractivity contribution in [1.29, 1.82) is 0 Å². The van der Waals surface area contributed by atoms with Crippen LogP contribution in [0.15, 0.2) is 29.1 Å². The lowest BCUT2D eigenvalue weighted by atomic mass is 10.2. The van der Waals surface area contributed by atoms with Crippen LogP contribution in [0.5, 0.6) is 0 Å². The molecular weight excluding hydrogens is 298 g/mol. The summed E-state index contributed by atoms with van der Waals surface area (Å²) in [7, 11) is 0. The second-order valence-corrected chi connectivity index (χ2v) is 6.22. The maximum atomic E-state index is 12.2. The van der Waals surface area contributed by atoms with Crippen LogP contribution in [0, 0.1) is 0 Å². The van der Waals surface area contributed by atoms with E-state index in [4.69, 9.17) is 0 Å². The maximum Gasteiger partial charge on any atom is 0.268 e. The predicted molar refractivity (Wildman–Crippen MR) is 89.4 cm³/mol. The molecule has 0 saturated carbocycles. The fraction of sp³-hybridized carbons (Fsp3) is 0.312. The Bertz CT molecular complexity index is 882. The molecular formula is C16H17N3O2S. The van der Waals surface area contributed by atoms with E-state index >= 15 is 0 Å². The zero-order valence-electron chi connectivity index (χ0n) is 12.3. The van der Waals surface area contributed by atoms with Gasteiger partial charge < -0.3 is 10.3 Å². The highest BCUT2D eigenvalue weighted by molar-refractivity contribution is 7.25. The van der Waals surface area contributed by atoms with Gasteiger partial charge in [-0.15, -0.1) is 11.3 Å². The number of aromatic nitrogens is 2.